The summed E-state index contributed by atoms with van der Waals surface area (Å²) < 4.78 is 0. The van der Waals surface area contributed by atoms with Gasteiger partial charge >= 0.3 is 0 Å². The van der Waals surface area contributed by atoms with Crippen molar-refractivity contribution in [1.29, 1.82) is 0 Å². The van der Waals surface area contributed by atoms with Gasteiger partial charge in [-0.05, 0) is 36.3 Å². The summed E-state index contributed by atoms with van der Waals surface area (Å²) in [5, 5.41) is 10.3. The van der Waals surface area contributed by atoms with Gasteiger partial charge in [-0.2, -0.15) is 5.10 Å². The number of nitrogens with zero attached hydrogens (tertiary/aromatic N) is 4. The van der Waals surface area contributed by atoms with Gasteiger partial charge in [0.05, 0.1) is 0 Å². The van der Waals surface area contributed by atoms with E-state index in [4.69, 9.17) is 0 Å². The number of benzene rings is 1. The molecule has 1 aromatic carbocycles. The molecule has 0 amide bonds. The molecule has 6 nitrogen and oxygen atoms in total. The Labute approximate surface area is 172 Å². The molecule has 1 unspecified atom stereocenters. The molecule has 1 aliphatic heterocycles. The van der Waals surface area contributed by atoms with Crippen molar-refractivity contribution in [3.8, 4) is 11.4 Å². The average molecular weight is 468 g/mol. The van der Waals surface area contributed by atoms with Crippen LogP contribution in [0.1, 0.15) is 32.3 Å². The number of aromatic amines is 1. The lowest BCUT2D eigenvalue weighted by atomic mass is 9.97. The predicted octanol–water partition coefficient (Wildman–Crippen LogP) is 3.53. The number of H-pyrrole nitrogens is 1. The van der Waals surface area contributed by atoms with Gasteiger partial charge in [-0.15, -0.1) is 24.0 Å². The minimum Gasteiger partial charge on any atom is -0.352 e. The highest BCUT2D eigenvalue weighted by Crippen LogP contribution is 2.23. The fourth-order valence-corrected chi connectivity index (χ4v) is 3.57. The predicted molar refractivity (Wildman–Crippen MR) is 117 cm³/mol. The van der Waals surface area contributed by atoms with Gasteiger partial charge in [-0.25, -0.2) is 4.98 Å². The van der Waals surface area contributed by atoms with E-state index in [-0.39, 0.29) is 24.0 Å². The van der Waals surface area contributed by atoms with Crippen molar-refractivity contribution in [1.82, 2.24) is 25.4 Å². The SMILES string of the molecule is CN=C(NCc1cccc(-c2ncn[nH]2)c1)N1CCC(CC(C)C)C1.I. The third-order valence-corrected chi connectivity index (χ3v) is 4.67. The van der Waals surface area contributed by atoms with Crippen LogP contribution in [0, 0.1) is 11.8 Å². The molecular formula is C19H29IN6. The molecule has 0 radical (unpaired) electrons. The number of halogens is 1. The maximum Gasteiger partial charge on any atom is 0.193 e. The van der Waals surface area contributed by atoms with Gasteiger partial charge in [0.1, 0.15) is 6.33 Å². The summed E-state index contributed by atoms with van der Waals surface area (Å²) in [6, 6.07) is 8.33. The quantitative estimate of drug-likeness (QED) is 0.400. The molecule has 1 saturated heterocycles. The van der Waals surface area contributed by atoms with E-state index < -0.39 is 0 Å². The molecule has 0 aliphatic carbocycles. The summed E-state index contributed by atoms with van der Waals surface area (Å²) in [5.74, 6) is 3.34. The Bertz CT molecular complexity index is 698. The van der Waals surface area contributed by atoms with Gasteiger partial charge in [0.15, 0.2) is 11.8 Å². The molecule has 2 heterocycles. The normalized spacial score (nSPS) is 17.5. The second-order valence-corrected chi connectivity index (χ2v) is 7.17. The largest absolute Gasteiger partial charge is 0.352 e. The van der Waals surface area contributed by atoms with E-state index in [1.165, 1.54) is 24.7 Å². The minimum atomic E-state index is 0. The monoisotopic (exact) mass is 468 g/mol. The topological polar surface area (TPSA) is 69.2 Å². The summed E-state index contributed by atoms with van der Waals surface area (Å²) in [6.45, 7) is 7.56. The van der Waals surface area contributed by atoms with Gasteiger partial charge in [-0.3, -0.25) is 10.1 Å². The fraction of sp³-hybridized carbons (Fsp3) is 0.526. The maximum atomic E-state index is 4.47. The van der Waals surface area contributed by atoms with Crippen LogP contribution in [-0.4, -0.2) is 46.2 Å². The molecule has 26 heavy (non-hydrogen) atoms. The number of hydrogen-bond acceptors (Lipinski definition) is 3. The Morgan fingerprint density at radius 3 is 2.96 bits per heavy atom. The van der Waals surface area contributed by atoms with E-state index in [9.17, 15) is 0 Å². The first-order valence-corrected chi connectivity index (χ1v) is 9.06. The fourth-order valence-electron chi connectivity index (χ4n) is 3.57. The van der Waals surface area contributed by atoms with E-state index in [0.29, 0.717) is 0 Å². The lowest BCUT2D eigenvalue weighted by molar-refractivity contribution is 0.403. The molecule has 7 heteroatoms. The summed E-state index contributed by atoms with van der Waals surface area (Å²) in [7, 11) is 1.86. The second kappa shape index (κ2) is 9.89. The van der Waals surface area contributed by atoms with Crippen molar-refractivity contribution in [2.24, 2.45) is 16.8 Å². The van der Waals surface area contributed by atoms with Crippen LogP contribution in [0.15, 0.2) is 35.6 Å². The molecule has 1 aliphatic rings. The molecule has 3 rings (SSSR count). The van der Waals surface area contributed by atoms with E-state index in [0.717, 1.165) is 48.8 Å². The second-order valence-electron chi connectivity index (χ2n) is 7.17. The van der Waals surface area contributed by atoms with Crippen molar-refractivity contribution in [3.63, 3.8) is 0 Å². The van der Waals surface area contributed by atoms with Gasteiger partial charge < -0.3 is 10.2 Å². The number of likely N-dealkylation sites (tertiary alicyclic amines) is 1. The standard InChI is InChI=1S/C19H28N6.HI/c1-14(2)9-16-7-8-25(12-16)19(20-3)21-11-15-5-4-6-17(10-15)18-22-13-23-24-18;/h4-6,10,13-14,16H,7-9,11-12H2,1-3H3,(H,20,21)(H,22,23,24);1H. The average Bonchev–Trinajstić information content (AvgIpc) is 3.27. The Kier molecular flexibility index (Phi) is 7.86. The Morgan fingerprint density at radius 1 is 1.42 bits per heavy atom. The third-order valence-electron chi connectivity index (χ3n) is 4.67. The summed E-state index contributed by atoms with van der Waals surface area (Å²) in [5.41, 5.74) is 2.25. The van der Waals surface area contributed by atoms with Gasteiger partial charge in [0, 0.05) is 32.2 Å². The van der Waals surface area contributed by atoms with Crippen LogP contribution < -0.4 is 5.32 Å². The van der Waals surface area contributed by atoms with Crippen molar-refractivity contribution < 1.29 is 0 Å². The van der Waals surface area contributed by atoms with Crippen LogP contribution in [0.4, 0.5) is 0 Å². The molecule has 2 N–H and O–H groups in total. The molecule has 1 aromatic heterocycles. The molecule has 2 aromatic rings. The highest BCUT2D eigenvalue weighted by molar-refractivity contribution is 14.0. The molecular weight excluding hydrogens is 439 g/mol. The molecule has 1 fully saturated rings. The third kappa shape index (κ3) is 5.43. The molecule has 0 saturated carbocycles. The number of nitrogens with one attached hydrogen (secondary N) is 2. The Hall–Kier alpha value is -1.64. The van der Waals surface area contributed by atoms with Gasteiger partial charge in [-0.1, -0.05) is 32.0 Å². The molecule has 0 bridgehead atoms. The van der Waals surface area contributed by atoms with Crippen LogP contribution in [-0.2, 0) is 6.54 Å². The van der Waals surface area contributed by atoms with E-state index in [2.05, 4.69) is 56.4 Å². The van der Waals surface area contributed by atoms with Crippen LogP contribution in [0.3, 0.4) is 0 Å². The Morgan fingerprint density at radius 2 is 2.27 bits per heavy atom. The molecule has 142 valence electrons. The first kappa shape index (κ1) is 20.7. The number of rotatable bonds is 5. The number of aliphatic imine (C=N–C) groups is 1. The highest BCUT2D eigenvalue weighted by atomic mass is 127. The zero-order valence-corrected chi connectivity index (χ0v) is 18.1. The van der Waals surface area contributed by atoms with Crippen molar-refractivity contribution >= 4 is 29.9 Å². The minimum absolute atomic E-state index is 0. The maximum absolute atomic E-state index is 4.47. The van der Waals surface area contributed by atoms with Crippen LogP contribution >= 0.6 is 24.0 Å². The van der Waals surface area contributed by atoms with Crippen molar-refractivity contribution in [2.45, 2.75) is 33.2 Å². The Balaban J connectivity index is 0.00000243. The summed E-state index contributed by atoms with van der Waals surface area (Å²) in [4.78, 5) is 11.1. The summed E-state index contributed by atoms with van der Waals surface area (Å²) >= 11 is 0. The van der Waals surface area contributed by atoms with Crippen molar-refractivity contribution in [3.05, 3.63) is 36.2 Å². The van der Waals surface area contributed by atoms with Crippen LogP contribution in [0.25, 0.3) is 11.4 Å². The number of hydrogen-bond donors (Lipinski definition) is 2. The highest BCUT2D eigenvalue weighted by Gasteiger charge is 2.25. The van der Waals surface area contributed by atoms with E-state index in [1.54, 1.807) is 0 Å². The molecule has 0 spiro atoms. The first-order chi connectivity index (χ1) is 12.2. The first-order valence-electron chi connectivity index (χ1n) is 9.06. The van der Waals surface area contributed by atoms with E-state index >= 15 is 0 Å². The van der Waals surface area contributed by atoms with E-state index in [1.807, 2.05) is 19.2 Å². The van der Waals surface area contributed by atoms with Crippen molar-refractivity contribution in [2.75, 3.05) is 20.1 Å². The number of guanidine groups is 1. The number of aromatic nitrogens is 3. The summed E-state index contributed by atoms with van der Waals surface area (Å²) in [6.07, 6.45) is 4.09. The lowest BCUT2D eigenvalue weighted by Crippen LogP contribution is -2.39. The van der Waals surface area contributed by atoms with Gasteiger partial charge in [0.2, 0.25) is 0 Å². The van der Waals surface area contributed by atoms with Crippen LogP contribution in [0.2, 0.25) is 0 Å². The van der Waals surface area contributed by atoms with Crippen LogP contribution in [0.5, 0.6) is 0 Å². The zero-order valence-electron chi connectivity index (χ0n) is 15.8. The van der Waals surface area contributed by atoms with Gasteiger partial charge in [0.25, 0.3) is 0 Å². The lowest BCUT2D eigenvalue weighted by Gasteiger charge is -2.22. The zero-order chi connectivity index (χ0) is 17.6. The molecule has 1 atom stereocenters. The smallest absolute Gasteiger partial charge is 0.193 e.